The Bertz CT molecular complexity index is 209. The second kappa shape index (κ2) is 1.29. The van der Waals surface area contributed by atoms with Gasteiger partial charge in [0.05, 0.1) is 0 Å². The van der Waals surface area contributed by atoms with Crippen molar-refractivity contribution in [3.05, 3.63) is 42.6 Å². The summed E-state index contributed by atoms with van der Waals surface area (Å²) in [6, 6.07) is 0. The van der Waals surface area contributed by atoms with Crippen molar-refractivity contribution in [3.8, 4) is 0 Å². The van der Waals surface area contributed by atoms with Gasteiger partial charge in [0.1, 0.15) is 5.83 Å². The molecule has 2 aliphatic carbocycles. The molecule has 0 aromatic rings. The molecule has 0 aliphatic heterocycles. The second-order valence-electron chi connectivity index (χ2n) is 2.34. The fraction of sp³-hybridized carbons (Fsp3) is 0.125. The molecule has 0 radical (unpaired) electrons. The van der Waals surface area contributed by atoms with Crippen molar-refractivity contribution in [2.75, 3.05) is 0 Å². The highest BCUT2D eigenvalue weighted by molar-refractivity contribution is 5.49. The van der Waals surface area contributed by atoms with Crippen molar-refractivity contribution >= 4 is 0 Å². The topological polar surface area (TPSA) is 0 Å². The average Bonchev–Trinajstić information content (AvgIpc) is 2.44. The van der Waals surface area contributed by atoms with E-state index < -0.39 is 0 Å². The molecule has 1 heteroatoms. The van der Waals surface area contributed by atoms with Crippen LogP contribution in [0.3, 0.4) is 0 Å². The first-order chi connectivity index (χ1) is 4.33. The Hall–Kier alpha value is -0.980. The lowest BCUT2D eigenvalue weighted by molar-refractivity contribution is 0.601. The summed E-state index contributed by atoms with van der Waals surface area (Å²) in [6.07, 6.45) is 10.9. The van der Waals surface area contributed by atoms with Gasteiger partial charge in [0.2, 0.25) is 0 Å². The zero-order valence-electron chi connectivity index (χ0n) is 4.84. The maximum atomic E-state index is 12.4. The molecule has 0 aromatic carbocycles. The summed E-state index contributed by atoms with van der Waals surface area (Å²) in [7, 11) is 0. The predicted octanol–water partition coefficient (Wildman–Crippen LogP) is 2.17. The van der Waals surface area contributed by atoms with Crippen LogP contribution in [-0.4, -0.2) is 0 Å². The number of hydrogen-bond donors (Lipinski definition) is 0. The average molecular weight is 121 g/mol. The largest absolute Gasteiger partial charge is 0.208 e. The van der Waals surface area contributed by atoms with Gasteiger partial charge in [0, 0.05) is 30.7 Å². The van der Waals surface area contributed by atoms with Gasteiger partial charge in [0.15, 0.2) is 5.41 Å². The molecular formula is C8H6F+. The Morgan fingerprint density at radius 2 is 1.89 bits per heavy atom. The minimum Gasteiger partial charge on any atom is -0.208 e. The van der Waals surface area contributed by atoms with Crippen molar-refractivity contribution in [1.29, 1.82) is 0 Å². The summed E-state index contributed by atoms with van der Waals surface area (Å²) in [6.45, 7) is 0. The third-order valence-electron chi connectivity index (χ3n) is 1.66. The van der Waals surface area contributed by atoms with Gasteiger partial charge < -0.3 is 0 Å². The van der Waals surface area contributed by atoms with Crippen LogP contribution < -0.4 is 0 Å². The number of halogens is 1. The Kier molecular flexibility index (Phi) is 0.699. The monoisotopic (exact) mass is 121 g/mol. The minimum atomic E-state index is -0.380. The van der Waals surface area contributed by atoms with Crippen molar-refractivity contribution in [1.82, 2.24) is 0 Å². The Labute approximate surface area is 53.4 Å². The molecule has 1 spiro atoms. The van der Waals surface area contributed by atoms with Gasteiger partial charge in [-0.1, -0.05) is 0 Å². The van der Waals surface area contributed by atoms with E-state index in [2.05, 4.69) is 0 Å². The molecule has 2 aliphatic rings. The normalized spacial score (nSPS) is 25.7. The van der Waals surface area contributed by atoms with Crippen LogP contribution in [0.15, 0.2) is 36.2 Å². The van der Waals surface area contributed by atoms with Crippen LogP contribution in [0.5, 0.6) is 0 Å². The van der Waals surface area contributed by atoms with Crippen molar-refractivity contribution in [2.45, 2.75) is 0 Å². The first-order valence-electron chi connectivity index (χ1n) is 2.93. The van der Waals surface area contributed by atoms with E-state index in [-0.39, 0.29) is 11.2 Å². The van der Waals surface area contributed by atoms with Gasteiger partial charge >= 0.3 is 0 Å². The van der Waals surface area contributed by atoms with E-state index in [1.54, 1.807) is 6.08 Å². The zero-order valence-corrected chi connectivity index (χ0v) is 4.84. The molecule has 0 bridgehead atoms. The predicted molar refractivity (Wildman–Crippen MR) is 34.2 cm³/mol. The zero-order chi connectivity index (χ0) is 6.32. The van der Waals surface area contributed by atoms with Crippen molar-refractivity contribution in [2.24, 2.45) is 5.41 Å². The SMILES string of the molecule is FC1=CC12C=C[CH+]C=C2. The fourth-order valence-electron chi connectivity index (χ4n) is 0.978. The molecule has 0 aromatic heterocycles. The minimum absolute atomic E-state index is 0.0249. The summed E-state index contributed by atoms with van der Waals surface area (Å²) in [5.74, 6) is -0.0249. The summed E-state index contributed by atoms with van der Waals surface area (Å²) < 4.78 is 12.4. The second-order valence-corrected chi connectivity index (χ2v) is 2.34. The van der Waals surface area contributed by atoms with Gasteiger partial charge in [-0.15, -0.1) is 0 Å². The van der Waals surface area contributed by atoms with E-state index in [1.165, 1.54) is 0 Å². The lowest BCUT2D eigenvalue weighted by Crippen LogP contribution is -1.96. The standard InChI is InChI=1S/C8H6F/c9-7-6-8(7)4-2-1-3-5-8/h1-6H/q+1. The number of allylic oxidation sites excluding steroid dienone is 6. The lowest BCUT2D eigenvalue weighted by atomic mass is 9.98. The Morgan fingerprint density at radius 1 is 1.33 bits per heavy atom. The fourth-order valence-corrected chi connectivity index (χ4v) is 0.978. The summed E-state index contributed by atoms with van der Waals surface area (Å²) >= 11 is 0. The smallest absolute Gasteiger partial charge is 0.165 e. The molecule has 0 fully saturated rings. The summed E-state index contributed by atoms with van der Waals surface area (Å²) in [5, 5.41) is 0. The number of rotatable bonds is 0. The molecular weight excluding hydrogens is 115 g/mol. The van der Waals surface area contributed by atoms with Crippen molar-refractivity contribution in [3.63, 3.8) is 0 Å². The Balaban J connectivity index is 2.24. The maximum absolute atomic E-state index is 12.4. The van der Waals surface area contributed by atoms with E-state index in [1.807, 2.05) is 30.7 Å². The molecule has 0 amide bonds. The van der Waals surface area contributed by atoms with Gasteiger partial charge in [-0.05, 0) is 6.08 Å². The molecule has 44 valence electrons. The highest BCUT2D eigenvalue weighted by Crippen LogP contribution is 2.48. The van der Waals surface area contributed by atoms with Gasteiger partial charge in [-0.2, -0.15) is 0 Å². The van der Waals surface area contributed by atoms with E-state index in [0.29, 0.717) is 0 Å². The van der Waals surface area contributed by atoms with E-state index >= 15 is 0 Å². The molecule has 9 heavy (non-hydrogen) atoms. The molecule has 0 nitrogen and oxygen atoms in total. The Morgan fingerprint density at radius 3 is 2.22 bits per heavy atom. The van der Waals surface area contributed by atoms with Crippen LogP contribution >= 0.6 is 0 Å². The molecule has 0 atom stereocenters. The van der Waals surface area contributed by atoms with Crippen LogP contribution in [0.1, 0.15) is 0 Å². The third kappa shape index (κ3) is 0.545. The van der Waals surface area contributed by atoms with Crippen LogP contribution in [0, 0.1) is 11.8 Å². The van der Waals surface area contributed by atoms with E-state index in [9.17, 15) is 4.39 Å². The van der Waals surface area contributed by atoms with Crippen LogP contribution in [0.4, 0.5) is 4.39 Å². The third-order valence-corrected chi connectivity index (χ3v) is 1.66. The molecule has 0 saturated heterocycles. The van der Waals surface area contributed by atoms with E-state index in [4.69, 9.17) is 0 Å². The first kappa shape index (κ1) is 4.86. The summed E-state index contributed by atoms with van der Waals surface area (Å²) in [4.78, 5) is 0. The highest BCUT2D eigenvalue weighted by atomic mass is 19.1. The highest BCUT2D eigenvalue weighted by Gasteiger charge is 2.47. The maximum Gasteiger partial charge on any atom is 0.165 e. The molecule has 0 unspecified atom stereocenters. The van der Waals surface area contributed by atoms with Crippen LogP contribution in [0.2, 0.25) is 0 Å². The van der Waals surface area contributed by atoms with Crippen LogP contribution in [-0.2, 0) is 0 Å². The first-order valence-corrected chi connectivity index (χ1v) is 2.93. The number of hydrogen-bond acceptors (Lipinski definition) is 0. The van der Waals surface area contributed by atoms with Gasteiger partial charge in [-0.3, -0.25) is 0 Å². The molecule has 0 saturated carbocycles. The van der Waals surface area contributed by atoms with E-state index in [0.717, 1.165) is 0 Å². The molecule has 0 N–H and O–H groups in total. The summed E-state index contributed by atoms with van der Waals surface area (Å²) in [5.41, 5.74) is -0.380. The van der Waals surface area contributed by atoms with Gasteiger partial charge in [-0.25, -0.2) is 4.39 Å². The quantitative estimate of drug-likeness (QED) is 0.431. The molecule has 0 heterocycles. The van der Waals surface area contributed by atoms with Crippen molar-refractivity contribution < 1.29 is 4.39 Å². The lowest BCUT2D eigenvalue weighted by Gasteiger charge is -1.97. The van der Waals surface area contributed by atoms with Crippen LogP contribution in [0.25, 0.3) is 0 Å². The molecule has 2 rings (SSSR count). The van der Waals surface area contributed by atoms with Gasteiger partial charge in [0.25, 0.3) is 0 Å².